The Morgan fingerprint density at radius 3 is 2.84 bits per heavy atom. The second-order valence-electron chi connectivity index (χ2n) is 4.02. The molecule has 6 nitrogen and oxygen atoms in total. The highest BCUT2D eigenvalue weighted by Crippen LogP contribution is 2.15. The molecule has 19 heavy (non-hydrogen) atoms. The van der Waals surface area contributed by atoms with E-state index in [0.29, 0.717) is 6.29 Å². The minimum Gasteiger partial charge on any atom is -0.444 e. The Hall–Kier alpha value is -2.37. The Morgan fingerprint density at radius 2 is 2.16 bits per heavy atom. The SMILES string of the molecule is O=CC[C@H]1C(=O)OCN1C(=O)OCc1ccccc1. The summed E-state index contributed by atoms with van der Waals surface area (Å²) in [5.74, 6) is -0.580. The number of ether oxygens (including phenoxy) is 2. The van der Waals surface area contributed by atoms with Gasteiger partial charge >= 0.3 is 12.1 Å². The lowest BCUT2D eigenvalue weighted by molar-refractivity contribution is -0.139. The highest BCUT2D eigenvalue weighted by atomic mass is 16.6. The number of aldehydes is 1. The topological polar surface area (TPSA) is 72.9 Å². The summed E-state index contributed by atoms with van der Waals surface area (Å²) in [7, 11) is 0. The number of benzene rings is 1. The van der Waals surface area contributed by atoms with E-state index in [-0.39, 0.29) is 19.8 Å². The molecule has 1 saturated heterocycles. The molecule has 1 aliphatic rings. The van der Waals surface area contributed by atoms with Gasteiger partial charge < -0.3 is 14.3 Å². The van der Waals surface area contributed by atoms with Crippen molar-refractivity contribution in [3.05, 3.63) is 35.9 Å². The lowest BCUT2D eigenvalue weighted by Crippen LogP contribution is -2.38. The fraction of sp³-hybridized carbons (Fsp3) is 0.308. The average molecular weight is 263 g/mol. The van der Waals surface area contributed by atoms with Gasteiger partial charge in [-0.1, -0.05) is 30.3 Å². The number of amides is 1. The van der Waals surface area contributed by atoms with E-state index >= 15 is 0 Å². The van der Waals surface area contributed by atoms with Crippen LogP contribution in [0.1, 0.15) is 12.0 Å². The Labute approximate surface area is 109 Å². The molecule has 1 aromatic carbocycles. The second-order valence-corrected chi connectivity index (χ2v) is 4.02. The van der Waals surface area contributed by atoms with Crippen LogP contribution in [0.3, 0.4) is 0 Å². The van der Waals surface area contributed by atoms with Gasteiger partial charge in [0.1, 0.15) is 18.9 Å². The van der Waals surface area contributed by atoms with E-state index in [4.69, 9.17) is 9.47 Å². The number of hydrogen-bond acceptors (Lipinski definition) is 5. The first-order chi connectivity index (χ1) is 9.22. The molecule has 1 fully saturated rings. The maximum Gasteiger partial charge on any atom is 0.413 e. The van der Waals surface area contributed by atoms with Crippen molar-refractivity contribution in [3.8, 4) is 0 Å². The maximum absolute atomic E-state index is 11.8. The predicted octanol–water partition coefficient (Wildman–Crippen LogP) is 1.10. The third-order valence-electron chi connectivity index (χ3n) is 2.75. The number of rotatable bonds is 4. The van der Waals surface area contributed by atoms with Gasteiger partial charge in [-0.3, -0.25) is 4.90 Å². The molecule has 1 heterocycles. The van der Waals surface area contributed by atoms with Gasteiger partial charge in [-0.15, -0.1) is 0 Å². The molecule has 0 radical (unpaired) electrons. The van der Waals surface area contributed by atoms with Gasteiger partial charge in [-0.25, -0.2) is 9.59 Å². The summed E-state index contributed by atoms with van der Waals surface area (Å²) in [5, 5.41) is 0. The van der Waals surface area contributed by atoms with Crippen molar-refractivity contribution in [1.29, 1.82) is 0 Å². The van der Waals surface area contributed by atoms with Crippen LogP contribution in [0.5, 0.6) is 0 Å². The van der Waals surface area contributed by atoms with Gasteiger partial charge in [0.05, 0.1) is 0 Å². The molecule has 0 saturated carbocycles. The Bertz CT molecular complexity index is 473. The van der Waals surface area contributed by atoms with Gasteiger partial charge in [0.2, 0.25) is 0 Å². The Balaban J connectivity index is 1.92. The minimum atomic E-state index is -0.874. The van der Waals surface area contributed by atoms with E-state index in [0.717, 1.165) is 10.5 Å². The van der Waals surface area contributed by atoms with Crippen LogP contribution in [-0.2, 0) is 25.7 Å². The highest BCUT2D eigenvalue weighted by Gasteiger charge is 2.38. The molecule has 100 valence electrons. The normalized spacial score (nSPS) is 18.0. The zero-order valence-electron chi connectivity index (χ0n) is 10.2. The van der Waals surface area contributed by atoms with Gasteiger partial charge in [0.15, 0.2) is 6.73 Å². The largest absolute Gasteiger partial charge is 0.444 e. The molecular formula is C13H13NO5. The zero-order valence-corrected chi connectivity index (χ0v) is 10.2. The summed E-state index contributed by atoms with van der Waals surface area (Å²) in [5.41, 5.74) is 0.842. The molecule has 1 aromatic rings. The number of hydrogen-bond donors (Lipinski definition) is 0. The van der Waals surface area contributed by atoms with Crippen molar-refractivity contribution in [1.82, 2.24) is 4.90 Å². The van der Waals surface area contributed by atoms with E-state index < -0.39 is 18.1 Å². The number of carbonyl (C=O) groups is 3. The summed E-state index contributed by atoms with van der Waals surface area (Å²) < 4.78 is 9.81. The van der Waals surface area contributed by atoms with Crippen molar-refractivity contribution < 1.29 is 23.9 Å². The fourth-order valence-corrected chi connectivity index (χ4v) is 1.74. The van der Waals surface area contributed by atoms with Crippen LogP contribution in [0.2, 0.25) is 0 Å². The quantitative estimate of drug-likeness (QED) is 0.600. The monoisotopic (exact) mass is 263 g/mol. The third-order valence-corrected chi connectivity index (χ3v) is 2.75. The molecule has 1 amide bonds. The molecule has 1 atom stereocenters. The Morgan fingerprint density at radius 1 is 1.42 bits per heavy atom. The van der Waals surface area contributed by atoms with E-state index in [1.165, 1.54) is 0 Å². The lowest BCUT2D eigenvalue weighted by atomic mass is 10.2. The van der Waals surface area contributed by atoms with Gasteiger partial charge in [0, 0.05) is 6.42 Å². The molecule has 0 unspecified atom stereocenters. The zero-order chi connectivity index (χ0) is 13.7. The van der Waals surface area contributed by atoms with Crippen molar-refractivity contribution in [2.45, 2.75) is 19.1 Å². The van der Waals surface area contributed by atoms with Crippen LogP contribution < -0.4 is 0 Å². The number of cyclic esters (lactones) is 1. The number of carbonyl (C=O) groups excluding carboxylic acids is 3. The van der Waals surface area contributed by atoms with E-state index in [1.54, 1.807) is 0 Å². The molecule has 6 heteroatoms. The Kier molecular flexibility index (Phi) is 4.12. The number of esters is 1. The first-order valence-electron chi connectivity index (χ1n) is 5.80. The predicted molar refractivity (Wildman–Crippen MR) is 63.9 cm³/mol. The van der Waals surface area contributed by atoms with Crippen molar-refractivity contribution >= 4 is 18.3 Å². The standard InChI is InChI=1S/C13H13NO5/c15-7-6-11-12(16)19-9-14(11)13(17)18-8-10-4-2-1-3-5-10/h1-5,7,11H,6,8-9H2/t11-/m0/s1. The average Bonchev–Trinajstić information content (AvgIpc) is 2.80. The lowest BCUT2D eigenvalue weighted by Gasteiger charge is -2.17. The molecule has 0 aliphatic carbocycles. The van der Waals surface area contributed by atoms with Crippen LogP contribution in [0.15, 0.2) is 30.3 Å². The van der Waals surface area contributed by atoms with Gasteiger partial charge in [-0.2, -0.15) is 0 Å². The van der Waals surface area contributed by atoms with E-state index in [1.807, 2.05) is 30.3 Å². The summed E-state index contributed by atoms with van der Waals surface area (Å²) in [6.07, 6.45) is -0.171. The number of nitrogens with zero attached hydrogens (tertiary/aromatic N) is 1. The third kappa shape index (κ3) is 3.09. The van der Waals surface area contributed by atoms with Crippen molar-refractivity contribution in [3.63, 3.8) is 0 Å². The fourth-order valence-electron chi connectivity index (χ4n) is 1.74. The van der Waals surface area contributed by atoms with Gasteiger partial charge in [-0.05, 0) is 5.56 Å². The molecule has 0 aromatic heterocycles. The smallest absolute Gasteiger partial charge is 0.413 e. The van der Waals surface area contributed by atoms with E-state index in [2.05, 4.69) is 0 Å². The second kappa shape index (κ2) is 5.99. The molecular weight excluding hydrogens is 250 g/mol. The molecule has 0 bridgehead atoms. The van der Waals surface area contributed by atoms with Gasteiger partial charge in [0.25, 0.3) is 0 Å². The molecule has 0 spiro atoms. The summed E-state index contributed by atoms with van der Waals surface area (Å²) in [6.45, 7) is -0.0663. The van der Waals surface area contributed by atoms with Crippen LogP contribution in [0.4, 0.5) is 4.79 Å². The molecule has 0 N–H and O–H groups in total. The minimum absolute atomic E-state index is 0.0841. The van der Waals surface area contributed by atoms with Crippen LogP contribution in [0.25, 0.3) is 0 Å². The van der Waals surface area contributed by atoms with Crippen LogP contribution in [0, 0.1) is 0 Å². The molecule has 2 rings (SSSR count). The van der Waals surface area contributed by atoms with E-state index in [9.17, 15) is 14.4 Å². The summed E-state index contributed by atoms with van der Waals surface area (Å²) in [6, 6.07) is 8.30. The summed E-state index contributed by atoms with van der Waals surface area (Å²) in [4.78, 5) is 34.7. The first-order valence-corrected chi connectivity index (χ1v) is 5.80. The summed E-state index contributed by atoms with van der Waals surface area (Å²) >= 11 is 0. The van der Waals surface area contributed by atoms with Crippen molar-refractivity contribution in [2.24, 2.45) is 0 Å². The van der Waals surface area contributed by atoms with Crippen LogP contribution >= 0.6 is 0 Å². The molecule has 1 aliphatic heterocycles. The maximum atomic E-state index is 11.8. The van der Waals surface area contributed by atoms with Crippen molar-refractivity contribution in [2.75, 3.05) is 6.73 Å². The van der Waals surface area contributed by atoms with Crippen LogP contribution in [-0.4, -0.2) is 36.0 Å². The highest BCUT2D eigenvalue weighted by molar-refractivity contribution is 5.85. The first kappa shape index (κ1) is 13.1.